The van der Waals surface area contributed by atoms with Gasteiger partial charge in [0.25, 0.3) is 5.91 Å². The first-order valence-corrected chi connectivity index (χ1v) is 9.92. The number of amides is 1. The molecule has 30 heavy (non-hydrogen) atoms. The van der Waals surface area contributed by atoms with Crippen molar-refractivity contribution in [2.75, 3.05) is 39.4 Å². The van der Waals surface area contributed by atoms with Crippen LogP contribution in [0.3, 0.4) is 0 Å². The lowest BCUT2D eigenvalue weighted by molar-refractivity contribution is 0.0383. The number of carbonyl (C=O) groups excluding carboxylic acids is 1. The summed E-state index contributed by atoms with van der Waals surface area (Å²) < 4.78 is 19.7. The number of morpholine rings is 1. The van der Waals surface area contributed by atoms with Gasteiger partial charge in [0.15, 0.2) is 5.65 Å². The summed E-state index contributed by atoms with van der Waals surface area (Å²) in [5.74, 6) is -0.672. The Bertz CT molecular complexity index is 1040. The Labute approximate surface area is 173 Å². The van der Waals surface area contributed by atoms with Crippen LogP contribution in [0.15, 0.2) is 30.5 Å². The van der Waals surface area contributed by atoms with Crippen LogP contribution in [0.1, 0.15) is 27.2 Å². The third-order valence-corrected chi connectivity index (χ3v) is 5.28. The minimum atomic E-state index is -0.315. The van der Waals surface area contributed by atoms with Crippen LogP contribution in [0.2, 0.25) is 0 Å². The lowest BCUT2D eigenvalue weighted by atomic mass is 10.0. The van der Waals surface area contributed by atoms with E-state index in [1.165, 1.54) is 22.8 Å². The molecule has 0 bridgehead atoms. The van der Waals surface area contributed by atoms with Crippen molar-refractivity contribution in [1.82, 2.24) is 24.8 Å². The van der Waals surface area contributed by atoms with Gasteiger partial charge in [-0.05, 0) is 24.6 Å². The largest absolute Gasteiger partial charge is 0.493 e. The summed E-state index contributed by atoms with van der Waals surface area (Å²) in [4.78, 5) is 19.4. The number of nitrogens with zero attached hydrogens (tertiary/aromatic N) is 4. The zero-order valence-electron chi connectivity index (χ0n) is 16.8. The lowest BCUT2D eigenvalue weighted by Gasteiger charge is -2.26. The van der Waals surface area contributed by atoms with E-state index in [-0.39, 0.29) is 17.6 Å². The van der Waals surface area contributed by atoms with E-state index in [1.807, 2.05) is 0 Å². The number of benzene rings is 1. The molecule has 0 atom stereocenters. The third kappa shape index (κ3) is 4.27. The van der Waals surface area contributed by atoms with Gasteiger partial charge < -0.3 is 15.2 Å². The van der Waals surface area contributed by atoms with Crippen LogP contribution >= 0.6 is 0 Å². The summed E-state index contributed by atoms with van der Waals surface area (Å²) in [5, 5.41) is 17.8. The highest BCUT2D eigenvalue weighted by Gasteiger charge is 2.20. The number of hydrogen-bond acceptors (Lipinski definition) is 6. The topological polar surface area (TPSA) is 92.0 Å². The molecule has 3 aromatic rings. The van der Waals surface area contributed by atoms with E-state index < -0.39 is 0 Å². The first-order valence-electron chi connectivity index (χ1n) is 9.92. The Morgan fingerprint density at radius 1 is 1.27 bits per heavy atom. The molecular weight excluding hydrogens is 389 g/mol. The summed E-state index contributed by atoms with van der Waals surface area (Å²) in [6.07, 6.45) is 1.79. The molecule has 2 aromatic heterocycles. The number of rotatable bonds is 6. The van der Waals surface area contributed by atoms with Crippen LogP contribution in [-0.2, 0) is 11.2 Å². The van der Waals surface area contributed by atoms with Crippen LogP contribution in [0.25, 0.3) is 5.65 Å². The van der Waals surface area contributed by atoms with Crippen LogP contribution in [0, 0.1) is 12.7 Å². The molecule has 3 heterocycles. The van der Waals surface area contributed by atoms with Gasteiger partial charge in [0.1, 0.15) is 11.4 Å². The first-order chi connectivity index (χ1) is 14.5. The van der Waals surface area contributed by atoms with Gasteiger partial charge in [-0.15, -0.1) is 0 Å². The van der Waals surface area contributed by atoms with E-state index in [4.69, 9.17) is 4.74 Å². The molecule has 2 N–H and O–H groups in total. The van der Waals surface area contributed by atoms with E-state index in [9.17, 15) is 14.3 Å². The Hall–Kier alpha value is -3.04. The van der Waals surface area contributed by atoms with Crippen molar-refractivity contribution in [3.05, 3.63) is 58.7 Å². The predicted molar refractivity (Wildman–Crippen MR) is 108 cm³/mol. The minimum absolute atomic E-state index is 0.0748. The molecule has 4 rings (SSSR count). The second-order valence-electron chi connectivity index (χ2n) is 7.31. The fourth-order valence-corrected chi connectivity index (χ4v) is 3.54. The van der Waals surface area contributed by atoms with Crippen LogP contribution in [-0.4, -0.2) is 69.9 Å². The predicted octanol–water partition coefficient (Wildman–Crippen LogP) is 1.54. The number of hydrogen-bond donors (Lipinski definition) is 2. The SMILES string of the molecule is Cc1nc2c(C(=O)NCCN3CCOCC3)cnn2c(O)c1Cc1ccc(F)cc1. The van der Waals surface area contributed by atoms with Gasteiger partial charge in [-0.25, -0.2) is 9.37 Å². The van der Waals surface area contributed by atoms with Crippen molar-refractivity contribution >= 4 is 11.6 Å². The molecule has 1 aromatic carbocycles. The summed E-state index contributed by atoms with van der Waals surface area (Å²) in [6, 6.07) is 6.07. The fraction of sp³-hybridized carbons (Fsp3) is 0.381. The Morgan fingerprint density at radius 2 is 2.00 bits per heavy atom. The maximum absolute atomic E-state index is 13.1. The second-order valence-corrected chi connectivity index (χ2v) is 7.31. The van der Waals surface area contributed by atoms with Gasteiger partial charge in [0, 0.05) is 43.9 Å². The van der Waals surface area contributed by atoms with Crippen molar-refractivity contribution in [2.45, 2.75) is 13.3 Å². The van der Waals surface area contributed by atoms with Gasteiger partial charge in [0.05, 0.1) is 19.4 Å². The van der Waals surface area contributed by atoms with Gasteiger partial charge in [-0.1, -0.05) is 12.1 Å². The number of halogens is 1. The van der Waals surface area contributed by atoms with Crippen LogP contribution in [0.5, 0.6) is 5.88 Å². The molecule has 0 radical (unpaired) electrons. The van der Waals surface area contributed by atoms with E-state index in [0.29, 0.717) is 48.6 Å². The summed E-state index contributed by atoms with van der Waals surface area (Å²) in [7, 11) is 0. The van der Waals surface area contributed by atoms with Gasteiger partial charge in [-0.2, -0.15) is 9.61 Å². The van der Waals surface area contributed by atoms with Crippen molar-refractivity contribution in [2.24, 2.45) is 0 Å². The minimum Gasteiger partial charge on any atom is -0.493 e. The van der Waals surface area contributed by atoms with Crippen molar-refractivity contribution in [3.63, 3.8) is 0 Å². The zero-order chi connectivity index (χ0) is 21.1. The molecule has 8 nitrogen and oxygen atoms in total. The number of aromatic nitrogens is 3. The number of aromatic hydroxyl groups is 1. The molecule has 1 saturated heterocycles. The number of ether oxygens (including phenoxy) is 1. The average molecular weight is 413 g/mol. The second kappa shape index (κ2) is 8.76. The maximum Gasteiger partial charge on any atom is 0.256 e. The van der Waals surface area contributed by atoms with E-state index in [0.717, 1.165) is 25.2 Å². The quantitative estimate of drug-likeness (QED) is 0.637. The molecule has 0 unspecified atom stereocenters. The van der Waals surface area contributed by atoms with Crippen molar-refractivity contribution in [1.29, 1.82) is 0 Å². The third-order valence-electron chi connectivity index (χ3n) is 5.28. The van der Waals surface area contributed by atoms with Crippen LogP contribution in [0.4, 0.5) is 4.39 Å². The van der Waals surface area contributed by atoms with Crippen LogP contribution < -0.4 is 5.32 Å². The van der Waals surface area contributed by atoms with E-state index in [2.05, 4.69) is 20.3 Å². The van der Waals surface area contributed by atoms with Crippen molar-refractivity contribution < 1.29 is 19.0 Å². The smallest absolute Gasteiger partial charge is 0.256 e. The molecular formula is C21H24FN5O3. The fourth-order valence-electron chi connectivity index (χ4n) is 3.54. The Kier molecular flexibility index (Phi) is 5.91. The van der Waals surface area contributed by atoms with E-state index >= 15 is 0 Å². The zero-order valence-corrected chi connectivity index (χ0v) is 16.8. The van der Waals surface area contributed by atoms with Gasteiger partial charge in [0.2, 0.25) is 5.88 Å². The molecule has 1 fully saturated rings. The van der Waals surface area contributed by atoms with Crippen molar-refractivity contribution in [3.8, 4) is 5.88 Å². The molecule has 0 aliphatic carbocycles. The standard InChI is InChI=1S/C21H24FN5O3/c1-14-17(12-15-2-4-16(22)5-3-15)21(29)27-19(25-14)18(13-24-27)20(28)23-6-7-26-8-10-30-11-9-26/h2-5,13,29H,6-12H2,1H3,(H,23,28). The number of fused-ring (bicyclic) bond motifs is 1. The van der Waals surface area contributed by atoms with Gasteiger partial charge in [-0.3, -0.25) is 9.69 Å². The number of aryl methyl sites for hydroxylation is 1. The van der Waals surface area contributed by atoms with E-state index in [1.54, 1.807) is 19.1 Å². The average Bonchev–Trinajstić information content (AvgIpc) is 3.17. The molecule has 158 valence electrons. The summed E-state index contributed by atoms with van der Waals surface area (Å²) >= 11 is 0. The summed E-state index contributed by atoms with van der Waals surface area (Å²) in [5.41, 5.74) is 2.62. The normalized spacial score (nSPS) is 14.9. The summed E-state index contributed by atoms with van der Waals surface area (Å²) in [6.45, 7) is 6.16. The molecule has 9 heteroatoms. The molecule has 1 aliphatic heterocycles. The molecule has 1 aliphatic rings. The molecule has 1 amide bonds. The highest BCUT2D eigenvalue weighted by Crippen LogP contribution is 2.25. The monoisotopic (exact) mass is 413 g/mol. The van der Waals surface area contributed by atoms with Gasteiger partial charge >= 0.3 is 0 Å². The Morgan fingerprint density at radius 3 is 2.73 bits per heavy atom. The maximum atomic E-state index is 13.1. The lowest BCUT2D eigenvalue weighted by Crippen LogP contribution is -2.41. The Balaban J connectivity index is 1.50. The highest BCUT2D eigenvalue weighted by molar-refractivity contribution is 5.99. The number of nitrogens with one attached hydrogen (secondary N) is 1. The molecule has 0 saturated carbocycles. The first kappa shape index (κ1) is 20.2. The molecule has 0 spiro atoms. The highest BCUT2D eigenvalue weighted by atomic mass is 19.1. The number of carbonyl (C=O) groups is 1.